The van der Waals surface area contributed by atoms with Gasteiger partial charge in [-0.25, -0.2) is 9.97 Å². The fourth-order valence-electron chi connectivity index (χ4n) is 6.43. The van der Waals surface area contributed by atoms with E-state index in [-0.39, 0.29) is 0 Å². The maximum Gasteiger partial charge on any atom is 0.222 e. The van der Waals surface area contributed by atoms with Gasteiger partial charge >= 0.3 is 0 Å². The van der Waals surface area contributed by atoms with E-state index in [2.05, 4.69) is 41.8 Å². The molecule has 0 aromatic carbocycles. The smallest absolute Gasteiger partial charge is 0.222 e. The van der Waals surface area contributed by atoms with Gasteiger partial charge in [0.05, 0.1) is 11.7 Å². The molecular weight excluding hydrogens is 424 g/mol. The first-order valence-electron chi connectivity index (χ1n) is 13.2. The van der Waals surface area contributed by atoms with E-state index in [0.717, 1.165) is 55.6 Å². The van der Waals surface area contributed by atoms with Gasteiger partial charge in [-0.1, -0.05) is 0 Å². The van der Waals surface area contributed by atoms with Gasteiger partial charge in [0.25, 0.3) is 0 Å². The summed E-state index contributed by atoms with van der Waals surface area (Å²) in [5.74, 6) is 1.55. The normalized spacial score (nSPS) is 22.8. The number of aromatic nitrogens is 3. The van der Waals surface area contributed by atoms with E-state index in [9.17, 15) is 4.79 Å². The second-order valence-corrected chi connectivity index (χ2v) is 10.6. The third-order valence-corrected chi connectivity index (χ3v) is 8.28. The predicted molar refractivity (Wildman–Crippen MR) is 136 cm³/mol. The minimum Gasteiger partial charge on any atom is -0.371 e. The van der Waals surface area contributed by atoms with Crippen molar-refractivity contribution in [1.82, 2.24) is 24.8 Å². The van der Waals surface area contributed by atoms with Crippen molar-refractivity contribution in [2.24, 2.45) is 11.8 Å². The molecule has 7 heteroatoms. The molecule has 1 atom stereocenters. The summed E-state index contributed by atoms with van der Waals surface area (Å²) in [4.78, 5) is 32.6. The number of amides is 1. The summed E-state index contributed by atoms with van der Waals surface area (Å²) in [7, 11) is 0. The predicted octanol–water partition coefficient (Wildman–Crippen LogP) is 4.05. The summed E-state index contributed by atoms with van der Waals surface area (Å²) in [6, 6.07) is 4.23. The number of carbonyl (C=O) groups is 1. The number of rotatable bonds is 5. The second-order valence-electron chi connectivity index (χ2n) is 10.6. The summed E-state index contributed by atoms with van der Waals surface area (Å²) >= 11 is 0. The molecule has 3 fully saturated rings. The van der Waals surface area contributed by atoms with Crippen molar-refractivity contribution >= 4 is 33.5 Å². The van der Waals surface area contributed by atoms with Crippen LogP contribution in [0.4, 0.5) is 5.69 Å². The summed E-state index contributed by atoms with van der Waals surface area (Å²) in [5, 5.41) is 2.31. The number of pyridine rings is 2. The van der Waals surface area contributed by atoms with Crippen molar-refractivity contribution in [3.63, 3.8) is 0 Å². The minimum atomic E-state index is 0.389. The molecule has 3 aliphatic heterocycles. The lowest BCUT2D eigenvalue weighted by Crippen LogP contribution is -2.44. The molecule has 34 heavy (non-hydrogen) atoms. The number of hydrogen-bond donors (Lipinski definition) is 1. The molecule has 7 nitrogen and oxygen atoms in total. The van der Waals surface area contributed by atoms with Crippen molar-refractivity contribution in [2.75, 3.05) is 50.7 Å². The molecule has 3 saturated heterocycles. The Balaban J connectivity index is 1.07. The maximum atomic E-state index is 13.2. The van der Waals surface area contributed by atoms with Crippen LogP contribution in [-0.4, -0.2) is 76.5 Å². The number of nitrogens with zero attached hydrogens (tertiary/aromatic N) is 5. The number of carbonyl (C=O) groups excluding carboxylic acids is 1. The molecule has 1 amide bonds. The highest BCUT2D eigenvalue weighted by Gasteiger charge is 2.29. The highest BCUT2D eigenvalue weighted by Crippen LogP contribution is 2.34. The second kappa shape index (κ2) is 9.53. The number of likely N-dealkylation sites (tertiary alicyclic amines) is 2. The zero-order chi connectivity index (χ0) is 22.9. The molecule has 0 saturated carbocycles. The fraction of sp³-hybridized carbons (Fsp3) is 0.593. The Morgan fingerprint density at radius 1 is 0.971 bits per heavy atom. The lowest BCUT2D eigenvalue weighted by atomic mass is 9.91. The summed E-state index contributed by atoms with van der Waals surface area (Å²) < 4.78 is 0. The number of fused-ring (bicyclic) bond motifs is 3. The molecule has 0 aliphatic carbocycles. The Morgan fingerprint density at radius 2 is 1.82 bits per heavy atom. The van der Waals surface area contributed by atoms with E-state index >= 15 is 0 Å². The van der Waals surface area contributed by atoms with Crippen LogP contribution in [0, 0.1) is 11.8 Å². The first kappa shape index (κ1) is 21.8. The van der Waals surface area contributed by atoms with Crippen LogP contribution in [0.2, 0.25) is 0 Å². The van der Waals surface area contributed by atoms with Gasteiger partial charge in [-0.2, -0.15) is 0 Å². The van der Waals surface area contributed by atoms with Crippen LogP contribution >= 0.6 is 0 Å². The van der Waals surface area contributed by atoms with Crippen LogP contribution in [0.15, 0.2) is 30.7 Å². The van der Waals surface area contributed by atoms with E-state index in [1.54, 1.807) is 0 Å². The van der Waals surface area contributed by atoms with E-state index in [1.807, 2.05) is 18.6 Å². The number of nitrogens with one attached hydrogen (secondary N) is 1. The van der Waals surface area contributed by atoms with Crippen LogP contribution in [-0.2, 0) is 4.79 Å². The molecule has 1 unspecified atom stereocenters. The zero-order valence-electron chi connectivity index (χ0n) is 20.1. The molecule has 180 valence electrons. The summed E-state index contributed by atoms with van der Waals surface area (Å²) in [6.07, 6.45) is 13.7. The van der Waals surface area contributed by atoms with Crippen molar-refractivity contribution in [3.05, 3.63) is 30.7 Å². The monoisotopic (exact) mass is 460 g/mol. The zero-order valence-corrected chi connectivity index (χ0v) is 20.1. The third kappa shape index (κ3) is 4.38. The van der Waals surface area contributed by atoms with Gasteiger partial charge in [-0.3, -0.25) is 4.79 Å². The Labute approximate surface area is 201 Å². The maximum absolute atomic E-state index is 13.2. The van der Waals surface area contributed by atoms with Crippen molar-refractivity contribution in [2.45, 2.75) is 44.9 Å². The molecule has 6 heterocycles. The Morgan fingerprint density at radius 3 is 2.68 bits per heavy atom. The Hall–Kier alpha value is -2.67. The van der Waals surface area contributed by atoms with Gasteiger partial charge < -0.3 is 19.7 Å². The van der Waals surface area contributed by atoms with E-state index in [1.165, 1.54) is 56.4 Å². The van der Waals surface area contributed by atoms with Crippen LogP contribution in [0.3, 0.4) is 0 Å². The quantitative estimate of drug-likeness (QED) is 0.622. The third-order valence-electron chi connectivity index (χ3n) is 8.28. The molecule has 3 aliphatic rings. The Bertz CT molecular complexity index is 1140. The summed E-state index contributed by atoms with van der Waals surface area (Å²) in [5.41, 5.74) is 3.10. The van der Waals surface area contributed by atoms with Gasteiger partial charge in [0, 0.05) is 68.0 Å². The molecule has 0 bridgehead atoms. The van der Waals surface area contributed by atoms with Crippen molar-refractivity contribution < 1.29 is 4.79 Å². The summed E-state index contributed by atoms with van der Waals surface area (Å²) in [6.45, 7) is 7.60. The first-order chi connectivity index (χ1) is 16.7. The molecule has 0 spiro atoms. The highest BCUT2D eigenvalue weighted by atomic mass is 16.2. The van der Waals surface area contributed by atoms with Gasteiger partial charge in [-0.15, -0.1) is 0 Å². The number of piperidine rings is 2. The van der Waals surface area contributed by atoms with E-state index < -0.39 is 0 Å². The average Bonchev–Trinajstić information content (AvgIpc) is 3.56. The van der Waals surface area contributed by atoms with Crippen molar-refractivity contribution in [1.29, 1.82) is 0 Å². The van der Waals surface area contributed by atoms with Gasteiger partial charge in [0.15, 0.2) is 5.65 Å². The highest BCUT2D eigenvalue weighted by molar-refractivity contribution is 6.09. The van der Waals surface area contributed by atoms with Gasteiger partial charge in [0.1, 0.15) is 0 Å². The standard InChI is InChI=1S/C27H36N6O/c34-25(33-13-3-4-21(19-33)18-31-11-1-2-12-31)16-20-7-14-32(15-8-20)24-6-10-28-23-17-30-27-22(26(23)24)5-9-29-27/h5-6,9-10,17,20-21,28H,1-4,7-8,11-16,18-19H2. The van der Waals surface area contributed by atoms with Gasteiger partial charge in [-0.05, 0) is 75.6 Å². The van der Waals surface area contributed by atoms with Crippen LogP contribution in [0.5, 0.6) is 0 Å². The molecule has 6 rings (SSSR count). The van der Waals surface area contributed by atoms with E-state index in [0.29, 0.717) is 24.2 Å². The molecular formula is C27H36N6O. The lowest BCUT2D eigenvalue weighted by Gasteiger charge is -2.37. The first-order valence-corrected chi connectivity index (χ1v) is 13.2. The van der Waals surface area contributed by atoms with E-state index in [4.69, 9.17) is 0 Å². The van der Waals surface area contributed by atoms with Crippen LogP contribution in [0.1, 0.15) is 44.9 Å². The minimum absolute atomic E-state index is 0.389. The average molecular weight is 461 g/mol. The number of hydrogen-bond acceptors (Lipinski definition) is 5. The van der Waals surface area contributed by atoms with Crippen LogP contribution in [0.25, 0.3) is 21.9 Å². The number of aromatic amines is 1. The lowest BCUT2D eigenvalue weighted by molar-refractivity contribution is -0.134. The number of anilines is 1. The molecule has 3 aromatic rings. The number of H-pyrrole nitrogens is 1. The SMILES string of the molecule is O=C(CC1CCN(c2cc[nH]c3cnc4nccc4c23)CC1)N1CCCC(CN2CCCC2)C1. The van der Waals surface area contributed by atoms with Crippen LogP contribution < -0.4 is 4.90 Å². The molecule has 3 aromatic heterocycles. The largest absolute Gasteiger partial charge is 0.371 e. The molecule has 0 radical (unpaired) electrons. The Kier molecular flexibility index (Phi) is 6.12. The topological polar surface area (TPSA) is 68.4 Å². The molecule has 1 N–H and O–H groups in total. The van der Waals surface area contributed by atoms with Crippen molar-refractivity contribution in [3.8, 4) is 0 Å². The van der Waals surface area contributed by atoms with Gasteiger partial charge in [0.2, 0.25) is 5.91 Å². The fourth-order valence-corrected chi connectivity index (χ4v) is 6.43.